The number of nitrogens with one attached hydrogen (secondary N) is 1. The van der Waals surface area contributed by atoms with Crippen LogP contribution < -0.4 is 4.74 Å². The van der Waals surface area contributed by atoms with Crippen molar-refractivity contribution in [2.75, 3.05) is 19.8 Å². The van der Waals surface area contributed by atoms with E-state index in [0.29, 0.717) is 24.2 Å². The van der Waals surface area contributed by atoms with Gasteiger partial charge in [-0.25, -0.2) is 14.6 Å². The summed E-state index contributed by atoms with van der Waals surface area (Å²) in [7, 11) is 0. The molecule has 1 aliphatic rings. The fraction of sp³-hybridized carbons (Fsp3) is 0.444. The first-order valence-electron chi connectivity index (χ1n) is 8.89. The first kappa shape index (κ1) is 16.7. The molecule has 1 N–H and O–H groups in total. The SMILES string of the molecule is CC(COc1ccccc1)n1nc(-c2ncn[nH]2)nc1C1CCOCC1. The van der Waals surface area contributed by atoms with E-state index in [4.69, 9.17) is 19.6 Å². The van der Waals surface area contributed by atoms with E-state index >= 15 is 0 Å². The van der Waals surface area contributed by atoms with Crippen LogP contribution in [0, 0.1) is 0 Å². The molecule has 2 aromatic heterocycles. The molecule has 1 aliphatic heterocycles. The molecule has 0 amide bonds. The Hall–Kier alpha value is -2.74. The van der Waals surface area contributed by atoms with Crippen LogP contribution in [0.25, 0.3) is 11.6 Å². The molecule has 1 fully saturated rings. The number of rotatable bonds is 6. The summed E-state index contributed by atoms with van der Waals surface area (Å²) in [6, 6.07) is 9.84. The van der Waals surface area contributed by atoms with Crippen LogP contribution in [0.1, 0.15) is 37.5 Å². The number of nitrogens with zero attached hydrogens (tertiary/aromatic N) is 5. The molecule has 1 atom stereocenters. The van der Waals surface area contributed by atoms with Gasteiger partial charge in [-0.15, -0.1) is 5.10 Å². The van der Waals surface area contributed by atoms with Crippen molar-refractivity contribution >= 4 is 0 Å². The maximum absolute atomic E-state index is 5.92. The monoisotopic (exact) mass is 354 g/mol. The van der Waals surface area contributed by atoms with Gasteiger partial charge in [-0.1, -0.05) is 18.2 Å². The van der Waals surface area contributed by atoms with Gasteiger partial charge in [0.1, 0.15) is 24.5 Å². The van der Waals surface area contributed by atoms with Gasteiger partial charge in [0.25, 0.3) is 0 Å². The van der Waals surface area contributed by atoms with Gasteiger partial charge in [0.2, 0.25) is 5.82 Å². The molecule has 136 valence electrons. The number of para-hydroxylation sites is 1. The molecule has 0 saturated carbocycles. The third kappa shape index (κ3) is 3.60. The van der Waals surface area contributed by atoms with Crippen LogP contribution in [-0.4, -0.2) is 49.8 Å². The number of hydrogen-bond donors (Lipinski definition) is 1. The minimum absolute atomic E-state index is 0.0391. The predicted molar refractivity (Wildman–Crippen MR) is 94.8 cm³/mol. The first-order chi connectivity index (χ1) is 12.8. The van der Waals surface area contributed by atoms with Crippen LogP contribution in [0.3, 0.4) is 0 Å². The van der Waals surface area contributed by atoms with Crippen molar-refractivity contribution in [2.24, 2.45) is 0 Å². The Kier molecular flexibility index (Phi) is 4.92. The number of ether oxygens (including phenoxy) is 2. The fourth-order valence-electron chi connectivity index (χ4n) is 3.11. The Bertz CT molecular complexity index is 812. The zero-order valence-electron chi connectivity index (χ0n) is 14.7. The molecule has 0 aliphatic carbocycles. The smallest absolute Gasteiger partial charge is 0.218 e. The maximum Gasteiger partial charge on any atom is 0.218 e. The minimum Gasteiger partial charge on any atom is -0.491 e. The predicted octanol–water partition coefficient (Wildman–Crippen LogP) is 2.60. The Balaban J connectivity index is 1.58. The third-order valence-electron chi connectivity index (χ3n) is 4.52. The lowest BCUT2D eigenvalue weighted by Crippen LogP contribution is -2.23. The molecule has 3 aromatic rings. The summed E-state index contributed by atoms with van der Waals surface area (Å²) in [6.07, 6.45) is 3.35. The van der Waals surface area contributed by atoms with Crippen molar-refractivity contribution in [1.82, 2.24) is 29.9 Å². The van der Waals surface area contributed by atoms with Crippen LogP contribution >= 0.6 is 0 Å². The van der Waals surface area contributed by atoms with Crippen molar-refractivity contribution in [3.8, 4) is 17.4 Å². The second-order valence-corrected chi connectivity index (χ2v) is 6.43. The first-order valence-corrected chi connectivity index (χ1v) is 8.89. The highest BCUT2D eigenvalue weighted by Gasteiger charge is 2.26. The molecule has 1 unspecified atom stereocenters. The van der Waals surface area contributed by atoms with Crippen molar-refractivity contribution in [3.05, 3.63) is 42.5 Å². The van der Waals surface area contributed by atoms with E-state index in [1.165, 1.54) is 6.33 Å². The van der Waals surface area contributed by atoms with E-state index in [-0.39, 0.29) is 6.04 Å². The lowest BCUT2D eigenvalue weighted by atomic mass is 9.99. The molecular formula is C18H22N6O2. The summed E-state index contributed by atoms with van der Waals surface area (Å²) < 4.78 is 13.4. The van der Waals surface area contributed by atoms with Gasteiger partial charge in [0.15, 0.2) is 5.82 Å². The van der Waals surface area contributed by atoms with Crippen molar-refractivity contribution < 1.29 is 9.47 Å². The van der Waals surface area contributed by atoms with Crippen LogP contribution in [0.4, 0.5) is 0 Å². The Morgan fingerprint density at radius 2 is 2.08 bits per heavy atom. The van der Waals surface area contributed by atoms with E-state index in [1.54, 1.807) is 0 Å². The van der Waals surface area contributed by atoms with Crippen molar-refractivity contribution in [2.45, 2.75) is 31.7 Å². The number of aromatic nitrogens is 6. The van der Waals surface area contributed by atoms with Crippen molar-refractivity contribution in [1.29, 1.82) is 0 Å². The van der Waals surface area contributed by atoms with Crippen molar-refractivity contribution in [3.63, 3.8) is 0 Å². The normalized spacial score (nSPS) is 16.5. The number of benzene rings is 1. The van der Waals surface area contributed by atoms with E-state index in [1.807, 2.05) is 35.0 Å². The summed E-state index contributed by atoms with van der Waals surface area (Å²) in [6.45, 7) is 4.11. The van der Waals surface area contributed by atoms with Gasteiger partial charge in [-0.3, -0.25) is 5.10 Å². The van der Waals surface area contributed by atoms with Gasteiger partial charge >= 0.3 is 0 Å². The lowest BCUT2D eigenvalue weighted by Gasteiger charge is -2.23. The molecule has 4 rings (SSSR count). The standard InChI is InChI=1S/C18H22N6O2/c1-13(11-26-15-5-3-2-4-6-15)24-18(14-7-9-25-10-8-14)21-17(23-24)16-19-12-20-22-16/h2-6,12-14H,7-11H2,1H3,(H,19,20,22). The second kappa shape index (κ2) is 7.65. The fourth-order valence-corrected chi connectivity index (χ4v) is 3.11. The average molecular weight is 354 g/mol. The van der Waals surface area contributed by atoms with E-state index in [2.05, 4.69) is 22.1 Å². The summed E-state index contributed by atoms with van der Waals surface area (Å²) in [5.41, 5.74) is 0. The average Bonchev–Trinajstić information content (AvgIpc) is 3.37. The second-order valence-electron chi connectivity index (χ2n) is 6.43. The van der Waals surface area contributed by atoms with Gasteiger partial charge in [0.05, 0.1) is 6.04 Å². The third-order valence-corrected chi connectivity index (χ3v) is 4.52. The number of aromatic amines is 1. The van der Waals surface area contributed by atoms with Gasteiger partial charge < -0.3 is 9.47 Å². The summed E-state index contributed by atoms with van der Waals surface area (Å²) in [4.78, 5) is 8.94. The van der Waals surface area contributed by atoms with E-state index in [0.717, 1.165) is 37.6 Å². The summed E-state index contributed by atoms with van der Waals surface area (Å²) in [5.74, 6) is 3.28. The summed E-state index contributed by atoms with van der Waals surface area (Å²) >= 11 is 0. The molecule has 3 heterocycles. The largest absolute Gasteiger partial charge is 0.491 e. The highest BCUT2D eigenvalue weighted by molar-refractivity contribution is 5.41. The van der Waals surface area contributed by atoms with Gasteiger partial charge in [0, 0.05) is 19.1 Å². The Morgan fingerprint density at radius 1 is 1.27 bits per heavy atom. The minimum atomic E-state index is 0.0391. The molecule has 1 saturated heterocycles. The van der Waals surface area contributed by atoms with Gasteiger partial charge in [-0.05, 0) is 31.9 Å². The highest BCUT2D eigenvalue weighted by atomic mass is 16.5. The number of hydrogen-bond acceptors (Lipinski definition) is 6. The van der Waals surface area contributed by atoms with Crippen LogP contribution in [0.2, 0.25) is 0 Å². The zero-order valence-corrected chi connectivity index (χ0v) is 14.7. The van der Waals surface area contributed by atoms with Gasteiger partial charge in [-0.2, -0.15) is 5.10 Å². The van der Waals surface area contributed by atoms with Crippen LogP contribution in [-0.2, 0) is 4.74 Å². The molecule has 26 heavy (non-hydrogen) atoms. The topological polar surface area (TPSA) is 90.7 Å². The molecule has 8 heteroatoms. The lowest BCUT2D eigenvalue weighted by molar-refractivity contribution is 0.0817. The maximum atomic E-state index is 5.92. The molecule has 0 bridgehead atoms. The molecule has 1 aromatic carbocycles. The molecule has 0 spiro atoms. The van der Waals surface area contributed by atoms with Crippen LogP contribution in [0.5, 0.6) is 5.75 Å². The van der Waals surface area contributed by atoms with E-state index < -0.39 is 0 Å². The quantitative estimate of drug-likeness (QED) is 0.732. The molecular weight excluding hydrogens is 332 g/mol. The molecule has 8 nitrogen and oxygen atoms in total. The summed E-state index contributed by atoms with van der Waals surface area (Å²) in [5, 5.41) is 11.4. The number of H-pyrrole nitrogens is 1. The molecule has 0 radical (unpaired) electrons. The van der Waals surface area contributed by atoms with E-state index in [9.17, 15) is 0 Å². The van der Waals surface area contributed by atoms with Crippen LogP contribution in [0.15, 0.2) is 36.7 Å². The highest BCUT2D eigenvalue weighted by Crippen LogP contribution is 2.29. The zero-order chi connectivity index (χ0) is 17.8. The Morgan fingerprint density at radius 3 is 2.81 bits per heavy atom. The Labute approximate surface area is 151 Å².